The van der Waals surface area contributed by atoms with E-state index in [9.17, 15) is 9.59 Å². The third-order valence-corrected chi connectivity index (χ3v) is 3.51. The standard InChI is InChI=1S/C13H12N2O4S/c1-18-12(16)8-4-3-7(11-15-5-6-20-11)9(10(8)14)13(17)19-2/h3-6H,14H2,1-2H3. The number of thiazole rings is 1. The second-order valence-electron chi connectivity index (χ2n) is 3.77. The summed E-state index contributed by atoms with van der Waals surface area (Å²) >= 11 is 1.36. The Morgan fingerprint density at radius 2 is 1.90 bits per heavy atom. The van der Waals surface area contributed by atoms with Gasteiger partial charge in [-0.1, -0.05) is 6.07 Å². The molecule has 0 amide bonds. The number of methoxy groups -OCH3 is 2. The number of nitrogens with zero attached hydrogens (tertiary/aromatic N) is 1. The lowest BCUT2D eigenvalue weighted by atomic mass is 10.0. The normalized spacial score (nSPS) is 10.1. The van der Waals surface area contributed by atoms with Crippen LogP contribution in [0.5, 0.6) is 0 Å². The maximum Gasteiger partial charge on any atom is 0.340 e. The summed E-state index contributed by atoms with van der Waals surface area (Å²) in [5, 5.41) is 2.40. The van der Waals surface area contributed by atoms with Gasteiger partial charge < -0.3 is 15.2 Å². The van der Waals surface area contributed by atoms with Crippen molar-refractivity contribution in [2.45, 2.75) is 0 Å². The Kier molecular flexibility index (Phi) is 3.99. The molecule has 2 aromatic rings. The molecule has 104 valence electrons. The fourth-order valence-electron chi connectivity index (χ4n) is 1.76. The average molecular weight is 292 g/mol. The van der Waals surface area contributed by atoms with Gasteiger partial charge in [0, 0.05) is 17.1 Å². The van der Waals surface area contributed by atoms with Crippen LogP contribution in [0.4, 0.5) is 5.69 Å². The van der Waals surface area contributed by atoms with E-state index < -0.39 is 11.9 Å². The number of hydrogen-bond acceptors (Lipinski definition) is 7. The number of carbonyl (C=O) groups excluding carboxylic acids is 2. The Balaban J connectivity index is 2.68. The van der Waals surface area contributed by atoms with E-state index in [-0.39, 0.29) is 16.8 Å². The number of hydrogen-bond donors (Lipinski definition) is 1. The van der Waals surface area contributed by atoms with E-state index in [1.54, 1.807) is 17.6 Å². The molecule has 0 aliphatic heterocycles. The first-order valence-corrected chi connectivity index (χ1v) is 6.47. The highest BCUT2D eigenvalue weighted by Gasteiger charge is 2.23. The summed E-state index contributed by atoms with van der Waals surface area (Å²) in [6.07, 6.45) is 1.62. The van der Waals surface area contributed by atoms with Crippen LogP contribution in [-0.4, -0.2) is 31.1 Å². The molecule has 1 aromatic carbocycles. The number of anilines is 1. The monoisotopic (exact) mass is 292 g/mol. The SMILES string of the molecule is COC(=O)c1ccc(-c2nccs2)c(C(=O)OC)c1N. The van der Waals surface area contributed by atoms with Gasteiger partial charge >= 0.3 is 11.9 Å². The van der Waals surface area contributed by atoms with Gasteiger partial charge in [-0.25, -0.2) is 14.6 Å². The van der Waals surface area contributed by atoms with Gasteiger partial charge in [-0.05, 0) is 6.07 Å². The van der Waals surface area contributed by atoms with Gasteiger partial charge in [0.1, 0.15) is 5.01 Å². The van der Waals surface area contributed by atoms with Crippen molar-refractivity contribution < 1.29 is 19.1 Å². The molecule has 2 rings (SSSR count). The van der Waals surface area contributed by atoms with Crippen LogP contribution in [0.2, 0.25) is 0 Å². The van der Waals surface area contributed by atoms with E-state index in [4.69, 9.17) is 10.5 Å². The summed E-state index contributed by atoms with van der Waals surface area (Å²) in [6.45, 7) is 0. The molecule has 20 heavy (non-hydrogen) atoms. The molecule has 0 atom stereocenters. The fraction of sp³-hybridized carbons (Fsp3) is 0.154. The molecule has 0 unspecified atom stereocenters. The van der Waals surface area contributed by atoms with Gasteiger partial charge in [-0.2, -0.15) is 0 Å². The summed E-state index contributed by atoms with van der Waals surface area (Å²) in [7, 11) is 2.49. The number of nitrogens with two attached hydrogens (primary N) is 1. The Hall–Kier alpha value is -2.41. The van der Waals surface area contributed by atoms with Gasteiger partial charge in [-0.15, -0.1) is 11.3 Å². The summed E-state index contributed by atoms with van der Waals surface area (Å²) < 4.78 is 9.36. The first-order chi connectivity index (χ1) is 9.60. The van der Waals surface area contributed by atoms with Crippen molar-refractivity contribution in [1.29, 1.82) is 0 Å². The molecule has 1 aromatic heterocycles. The summed E-state index contributed by atoms with van der Waals surface area (Å²) in [5.41, 5.74) is 6.70. The van der Waals surface area contributed by atoms with Crippen molar-refractivity contribution in [3.05, 3.63) is 34.8 Å². The van der Waals surface area contributed by atoms with Gasteiger partial charge in [-0.3, -0.25) is 0 Å². The molecule has 0 spiro atoms. The van der Waals surface area contributed by atoms with E-state index in [1.165, 1.54) is 31.6 Å². The predicted molar refractivity (Wildman–Crippen MR) is 74.6 cm³/mol. The molecular formula is C13H12N2O4S. The second kappa shape index (κ2) is 5.70. The van der Waals surface area contributed by atoms with Crippen LogP contribution in [-0.2, 0) is 9.47 Å². The molecule has 1 heterocycles. The number of benzene rings is 1. The lowest BCUT2D eigenvalue weighted by Gasteiger charge is -2.12. The van der Waals surface area contributed by atoms with Crippen molar-refractivity contribution in [2.24, 2.45) is 0 Å². The maximum absolute atomic E-state index is 11.9. The molecule has 6 nitrogen and oxygen atoms in total. The fourth-order valence-corrected chi connectivity index (χ4v) is 2.43. The van der Waals surface area contributed by atoms with Gasteiger partial charge in [0.15, 0.2) is 0 Å². The minimum Gasteiger partial charge on any atom is -0.465 e. The molecular weight excluding hydrogens is 280 g/mol. The molecule has 0 radical (unpaired) electrons. The van der Waals surface area contributed by atoms with Crippen molar-refractivity contribution >= 4 is 29.0 Å². The number of carbonyl (C=O) groups is 2. The quantitative estimate of drug-likeness (QED) is 0.687. The molecule has 0 saturated carbocycles. The highest BCUT2D eigenvalue weighted by molar-refractivity contribution is 7.13. The Morgan fingerprint density at radius 1 is 1.20 bits per heavy atom. The zero-order chi connectivity index (χ0) is 14.7. The van der Waals surface area contributed by atoms with Crippen LogP contribution < -0.4 is 5.73 Å². The number of aromatic nitrogens is 1. The minimum atomic E-state index is -0.626. The lowest BCUT2D eigenvalue weighted by Crippen LogP contribution is -2.13. The molecule has 2 N–H and O–H groups in total. The number of esters is 2. The Labute approximate surface area is 119 Å². The Morgan fingerprint density at radius 3 is 2.45 bits per heavy atom. The van der Waals surface area contributed by atoms with Gasteiger partial charge in [0.05, 0.1) is 31.0 Å². The van der Waals surface area contributed by atoms with E-state index in [1.807, 2.05) is 0 Å². The molecule has 0 fully saturated rings. The van der Waals surface area contributed by atoms with Crippen molar-refractivity contribution in [3.8, 4) is 10.6 Å². The van der Waals surface area contributed by atoms with Gasteiger partial charge in [0.25, 0.3) is 0 Å². The van der Waals surface area contributed by atoms with Gasteiger partial charge in [0.2, 0.25) is 0 Å². The lowest BCUT2D eigenvalue weighted by molar-refractivity contribution is 0.0602. The third kappa shape index (κ3) is 2.35. The summed E-state index contributed by atoms with van der Waals surface area (Å²) in [6, 6.07) is 3.11. The maximum atomic E-state index is 11.9. The van der Waals surface area contributed by atoms with Crippen molar-refractivity contribution in [2.75, 3.05) is 20.0 Å². The van der Waals surface area contributed by atoms with E-state index in [0.717, 1.165) is 0 Å². The van der Waals surface area contributed by atoms with Crippen molar-refractivity contribution in [3.63, 3.8) is 0 Å². The van der Waals surface area contributed by atoms with E-state index >= 15 is 0 Å². The topological polar surface area (TPSA) is 91.5 Å². The smallest absolute Gasteiger partial charge is 0.340 e. The zero-order valence-electron chi connectivity index (χ0n) is 10.9. The summed E-state index contributed by atoms with van der Waals surface area (Å²) in [4.78, 5) is 27.7. The highest BCUT2D eigenvalue weighted by atomic mass is 32.1. The highest BCUT2D eigenvalue weighted by Crippen LogP contribution is 2.32. The van der Waals surface area contributed by atoms with Crippen LogP contribution in [0, 0.1) is 0 Å². The van der Waals surface area contributed by atoms with Crippen LogP contribution in [0.3, 0.4) is 0 Å². The van der Waals surface area contributed by atoms with Crippen LogP contribution in [0.1, 0.15) is 20.7 Å². The van der Waals surface area contributed by atoms with E-state index in [0.29, 0.717) is 10.6 Å². The Bertz CT molecular complexity index is 653. The molecule has 0 bridgehead atoms. The van der Waals surface area contributed by atoms with Crippen molar-refractivity contribution in [1.82, 2.24) is 4.98 Å². The average Bonchev–Trinajstić information content (AvgIpc) is 2.99. The first-order valence-electron chi connectivity index (χ1n) is 5.59. The van der Waals surface area contributed by atoms with E-state index in [2.05, 4.69) is 9.72 Å². The number of ether oxygens (including phenoxy) is 2. The molecule has 0 aliphatic rings. The van der Waals surface area contributed by atoms with Crippen LogP contribution in [0.25, 0.3) is 10.6 Å². The zero-order valence-corrected chi connectivity index (χ0v) is 11.7. The molecule has 0 saturated heterocycles. The largest absolute Gasteiger partial charge is 0.465 e. The first kappa shape index (κ1) is 14.0. The second-order valence-corrected chi connectivity index (χ2v) is 4.66. The predicted octanol–water partition coefficient (Wildman–Crippen LogP) is 1.97. The molecule has 0 aliphatic carbocycles. The minimum absolute atomic E-state index is 0.0244. The number of rotatable bonds is 3. The molecule has 7 heteroatoms. The summed E-state index contributed by atoms with van der Waals surface area (Å²) in [5.74, 6) is -1.24. The third-order valence-electron chi connectivity index (χ3n) is 2.70. The van der Waals surface area contributed by atoms with Crippen LogP contribution >= 0.6 is 11.3 Å². The van der Waals surface area contributed by atoms with Crippen LogP contribution in [0.15, 0.2) is 23.7 Å². The number of nitrogen functional groups attached to an aromatic ring is 1.